The van der Waals surface area contributed by atoms with Gasteiger partial charge in [-0.25, -0.2) is 0 Å². The number of amides is 1. The lowest BCUT2D eigenvalue weighted by atomic mass is 10.2. The van der Waals surface area contributed by atoms with Gasteiger partial charge >= 0.3 is 0 Å². The first kappa shape index (κ1) is 14.5. The molecule has 0 unspecified atom stereocenters. The molecule has 1 heterocycles. The molecular weight excluding hydrogens is 274 g/mol. The Morgan fingerprint density at radius 1 is 1.30 bits per heavy atom. The molecule has 0 aliphatic rings. The molecule has 1 aromatic carbocycles. The minimum absolute atomic E-state index is 0.0777. The van der Waals surface area contributed by atoms with E-state index in [4.69, 9.17) is 4.74 Å². The summed E-state index contributed by atoms with van der Waals surface area (Å²) in [7, 11) is 0. The van der Waals surface area contributed by atoms with Crippen LogP contribution >= 0.6 is 11.7 Å². The van der Waals surface area contributed by atoms with Crippen LogP contribution in [0.15, 0.2) is 24.3 Å². The topological polar surface area (TPSA) is 64.1 Å². The summed E-state index contributed by atoms with van der Waals surface area (Å²) in [5.74, 6) is 0.629. The highest BCUT2D eigenvalue weighted by Crippen LogP contribution is 2.15. The van der Waals surface area contributed by atoms with Crippen LogP contribution in [0.3, 0.4) is 0 Å². The van der Waals surface area contributed by atoms with Crippen molar-refractivity contribution in [1.29, 1.82) is 0 Å². The van der Waals surface area contributed by atoms with Gasteiger partial charge in [0.1, 0.15) is 18.1 Å². The largest absolute Gasteiger partial charge is 0.487 e. The van der Waals surface area contributed by atoms with Crippen LogP contribution < -0.4 is 10.1 Å². The summed E-state index contributed by atoms with van der Waals surface area (Å²) < 4.78 is 13.9. The molecule has 20 heavy (non-hydrogen) atoms. The summed E-state index contributed by atoms with van der Waals surface area (Å²) in [5.41, 5.74) is 2.36. The van der Waals surface area contributed by atoms with Crippen LogP contribution in [-0.2, 0) is 6.61 Å². The molecule has 0 aliphatic heterocycles. The lowest BCUT2D eigenvalue weighted by Crippen LogP contribution is -2.29. The lowest BCUT2D eigenvalue weighted by molar-refractivity contribution is 0.0943. The maximum Gasteiger partial charge on any atom is 0.251 e. The number of nitrogens with one attached hydrogen (secondary N) is 1. The molecule has 0 spiro atoms. The number of carbonyl (C=O) groups excluding carboxylic acids is 1. The van der Waals surface area contributed by atoms with E-state index in [9.17, 15) is 4.79 Å². The quantitative estimate of drug-likeness (QED) is 0.919. The molecule has 0 aliphatic carbocycles. The Hall–Kier alpha value is -1.95. The van der Waals surface area contributed by atoms with E-state index in [0.717, 1.165) is 11.4 Å². The normalized spacial score (nSPS) is 10.6. The third-order valence-corrected chi connectivity index (χ3v) is 3.32. The Balaban J connectivity index is 1.95. The van der Waals surface area contributed by atoms with Crippen LogP contribution in [0.5, 0.6) is 5.75 Å². The maximum absolute atomic E-state index is 11.8. The van der Waals surface area contributed by atoms with Crippen molar-refractivity contribution in [1.82, 2.24) is 14.1 Å². The fourth-order valence-electron chi connectivity index (χ4n) is 1.58. The molecular formula is C14H17N3O2S. The standard InChI is InChI=1S/C14H17N3O2S/c1-9(2)15-14(18)11-4-6-12(7-5-11)19-8-13-10(3)16-20-17-13/h4-7,9H,8H2,1-3H3,(H,15,18). The fourth-order valence-corrected chi connectivity index (χ4v) is 2.13. The van der Waals surface area contributed by atoms with E-state index in [1.807, 2.05) is 20.8 Å². The van der Waals surface area contributed by atoms with Gasteiger partial charge in [-0.05, 0) is 45.0 Å². The van der Waals surface area contributed by atoms with Gasteiger partial charge in [0.25, 0.3) is 5.91 Å². The Morgan fingerprint density at radius 2 is 2.00 bits per heavy atom. The van der Waals surface area contributed by atoms with Gasteiger partial charge in [-0.2, -0.15) is 8.75 Å². The predicted octanol–water partition coefficient (Wildman–Crippen LogP) is 2.56. The van der Waals surface area contributed by atoms with Gasteiger partial charge in [-0.15, -0.1) is 0 Å². The summed E-state index contributed by atoms with van der Waals surface area (Å²) in [6.45, 7) is 6.15. The van der Waals surface area contributed by atoms with Gasteiger partial charge in [0.15, 0.2) is 0 Å². The van der Waals surface area contributed by atoms with Crippen molar-refractivity contribution < 1.29 is 9.53 Å². The highest BCUT2D eigenvalue weighted by molar-refractivity contribution is 6.99. The van der Waals surface area contributed by atoms with Crippen LogP contribution in [0.2, 0.25) is 0 Å². The Bertz CT molecular complexity index is 578. The van der Waals surface area contributed by atoms with Crippen molar-refractivity contribution in [2.75, 3.05) is 0 Å². The summed E-state index contributed by atoms with van der Waals surface area (Å²) in [4.78, 5) is 11.8. The van der Waals surface area contributed by atoms with Gasteiger partial charge < -0.3 is 10.1 Å². The molecule has 0 fully saturated rings. The number of hydrogen-bond donors (Lipinski definition) is 1. The number of nitrogens with zero attached hydrogens (tertiary/aromatic N) is 2. The zero-order valence-electron chi connectivity index (χ0n) is 11.7. The average molecular weight is 291 g/mol. The molecule has 1 amide bonds. The number of ether oxygens (including phenoxy) is 1. The lowest BCUT2D eigenvalue weighted by Gasteiger charge is -2.09. The van der Waals surface area contributed by atoms with Gasteiger partial charge in [-0.1, -0.05) is 0 Å². The molecule has 1 aromatic heterocycles. The third-order valence-electron chi connectivity index (χ3n) is 2.66. The van der Waals surface area contributed by atoms with Gasteiger partial charge in [0, 0.05) is 11.6 Å². The van der Waals surface area contributed by atoms with Crippen LogP contribution in [0.25, 0.3) is 0 Å². The highest BCUT2D eigenvalue weighted by Gasteiger charge is 2.08. The molecule has 0 atom stereocenters. The van der Waals surface area contributed by atoms with Gasteiger partial charge in [0.05, 0.1) is 17.4 Å². The van der Waals surface area contributed by atoms with E-state index in [1.54, 1.807) is 24.3 Å². The number of aromatic nitrogens is 2. The van der Waals surface area contributed by atoms with Gasteiger partial charge in [-0.3, -0.25) is 4.79 Å². The van der Waals surface area contributed by atoms with Crippen molar-refractivity contribution >= 4 is 17.6 Å². The summed E-state index contributed by atoms with van der Waals surface area (Å²) in [5, 5.41) is 2.84. The van der Waals surface area contributed by atoms with Crippen LogP contribution in [0.4, 0.5) is 0 Å². The Labute approximate surface area is 122 Å². The Kier molecular flexibility index (Phi) is 4.68. The van der Waals surface area contributed by atoms with Crippen LogP contribution in [-0.4, -0.2) is 20.7 Å². The van der Waals surface area contributed by atoms with E-state index in [2.05, 4.69) is 14.1 Å². The SMILES string of the molecule is Cc1nsnc1COc1ccc(C(=O)NC(C)C)cc1. The van der Waals surface area contributed by atoms with Crippen molar-refractivity contribution in [2.24, 2.45) is 0 Å². The van der Waals surface area contributed by atoms with Crippen LogP contribution in [0, 0.1) is 6.92 Å². The monoisotopic (exact) mass is 291 g/mol. The zero-order valence-corrected chi connectivity index (χ0v) is 12.5. The number of benzene rings is 1. The molecule has 5 nitrogen and oxygen atoms in total. The molecule has 106 valence electrons. The summed E-state index contributed by atoms with van der Waals surface area (Å²) in [6.07, 6.45) is 0. The molecule has 2 rings (SSSR count). The third kappa shape index (κ3) is 3.77. The molecule has 0 bridgehead atoms. The first-order valence-corrected chi connectivity index (χ1v) is 7.11. The smallest absolute Gasteiger partial charge is 0.251 e. The minimum atomic E-state index is -0.0777. The number of rotatable bonds is 5. The van der Waals surface area contributed by atoms with E-state index >= 15 is 0 Å². The fraction of sp³-hybridized carbons (Fsp3) is 0.357. The second kappa shape index (κ2) is 6.47. The second-order valence-electron chi connectivity index (χ2n) is 4.74. The van der Waals surface area contributed by atoms with Crippen LogP contribution in [0.1, 0.15) is 35.6 Å². The number of carbonyl (C=O) groups is 1. The van der Waals surface area contributed by atoms with Crippen molar-refractivity contribution in [2.45, 2.75) is 33.4 Å². The highest BCUT2D eigenvalue weighted by atomic mass is 32.1. The number of aryl methyl sites for hydroxylation is 1. The molecule has 6 heteroatoms. The molecule has 0 radical (unpaired) electrons. The van der Waals surface area contributed by atoms with E-state index in [-0.39, 0.29) is 11.9 Å². The molecule has 2 aromatic rings. The zero-order chi connectivity index (χ0) is 14.5. The van der Waals surface area contributed by atoms with E-state index < -0.39 is 0 Å². The predicted molar refractivity (Wildman–Crippen MR) is 78.0 cm³/mol. The number of hydrogen-bond acceptors (Lipinski definition) is 5. The first-order chi connectivity index (χ1) is 9.56. The second-order valence-corrected chi connectivity index (χ2v) is 5.27. The maximum atomic E-state index is 11.8. The molecule has 1 N–H and O–H groups in total. The first-order valence-electron chi connectivity index (χ1n) is 6.38. The minimum Gasteiger partial charge on any atom is -0.487 e. The summed E-state index contributed by atoms with van der Waals surface area (Å²) in [6, 6.07) is 7.19. The summed E-state index contributed by atoms with van der Waals surface area (Å²) >= 11 is 1.18. The van der Waals surface area contributed by atoms with Crippen molar-refractivity contribution in [3.8, 4) is 5.75 Å². The van der Waals surface area contributed by atoms with Crippen molar-refractivity contribution in [3.05, 3.63) is 41.2 Å². The van der Waals surface area contributed by atoms with E-state index in [1.165, 1.54) is 11.7 Å². The average Bonchev–Trinajstić information content (AvgIpc) is 2.82. The van der Waals surface area contributed by atoms with Gasteiger partial charge in [0.2, 0.25) is 0 Å². The van der Waals surface area contributed by atoms with Crippen molar-refractivity contribution in [3.63, 3.8) is 0 Å². The van der Waals surface area contributed by atoms with E-state index in [0.29, 0.717) is 17.9 Å². The molecule has 0 saturated heterocycles. The molecule has 0 saturated carbocycles. The Morgan fingerprint density at radius 3 is 2.55 bits per heavy atom.